The van der Waals surface area contributed by atoms with Gasteiger partial charge in [-0.1, -0.05) is 5.11 Å². The van der Waals surface area contributed by atoms with Gasteiger partial charge in [0.2, 0.25) is 0 Å². The molecule has 0 bridgehead atoms. The predicted octanol–water partition coefficient (Wildman–Crippen LogP) is 3.31. The number of hydrogen-bond acceptors (Lipinski definition) is 3. The number of aromatic nitrogens is 2. The van der Waals surface area contributed by atoms with Crippen molar-refractivity contribution in [1.82, 2.24) is 9.78 Å². The quantitative estimate of drug-likeness (QED) is 0.478. The van der Waals surface area contributed by atoms with Gasteiger partial charge in [0.1, 0.15) is 5.75 Å². The molecule has 1 aromatic heterocycles. The van der Waals surface area contributed by atoms with E-state index < -0.39 is 0 Å². The minimum Gasteiger partial charge on any atom is -0.497 e. The summed E-state index contributed by atoms with van der Waals surface area (Å²) in [6.45, 7) is 4.20. The zero-order valence-corrected chi connectivity index (χ0v) is 11.2. The fourth-order valence-electron chi connectivity index (χ4n) is 2.00. The summed E-state index contributed by atoms with van der Waals surface area (Å²) in [5.74, 6) is 0.730. The van der Waals surface area contributed by atoms with Crippen molar-refractivity contribution >= 4 is 0 Å². The van der Waals surface area contributed by atoms with Crippen LogP contribution in [0.1, 0.15) is 17.0 Å². The Morgan fingerprint density at radius 1 is 1.37 bits per heavy atom. The van der Waals surface area contributed by atoms with Crippen molar-refractivity contribution in [3.05, 3.63) is 51.7 Å². The molecule has 0 atom stereocenters. The maximum absolute atomic E-state index is 8.48. The molecule has 0 aliphatic carbocycles. The first kappa shape index (κ1) is 13.0. The molecule has 0 unspecified atom stereocenters. The topological polar surface area (TPSA) is 75.8 Å². The van der Waals surface area contributed by atoms with Gasteiger partial charge in [0.25, 0.3) is 0 Å². The van der Waals surface area contributed by atoms with Crippen LogP contribution in [-0.2, 0) is 6.54 Å². The number of azide groups is 1. The lowest BCUT2D eigenvalue weighted by molar-refractivity contribution is 0.414. The van der Waals surface area contributed by atoms with Crippen LogP contribution >= 0.6 is 0 Å². The molecule has 0 spiro atoms. The standard InChI is InChI=1S/C13H15N5O/c1-9-6-10(2)18(16-9)13-5-4-12(19-3)7-11(13)8-15-17-14/h4-7H,8H2,1-3H3. The summed E-state index contributed by atoms with van der Waals surface area (Å²) in [6.07, 6.45) is 0. The van der Waals surface area contributed by atoms with Crippen LogP contribution < -0.4 is 4.74 Å². The van der Waals surface area contributed by atoms with E-state index in [1.165, 1.54) is 0 Å². The molecule has 0 radical (unpaired) electrons. The normalized spacial score (nSPS) is 10.1. The fraction of sp³-hybridized carbons (Fsp3) is 0.308. The molecule has 2 rings (SSSR count). The molecule has 19 heavy (non-hydrogen) atoms. The molecule has 1 aromatic carbocycles. The van der Waals surface area contributed by atoms with Gasteiger partial charge in [0, 0.05) is 10.6 Å². The van der Waals surface area contributed by atoms with E-state index in [1.54, 1.807) is 7.11 Å². The van der Waals surface area contributed by atoms with Gasteiger partial charge in [-0.25, -0.2) is 4.68 Å². The number of rotatable bonds is 4. The van der Waals surface area contributed by atoms with Gasteiger partial charge in [0.05, 0.1) is 25.0 Å². The van der Waals surface area contributed by atoms with E-state index in [4.69, 9.17) is 10.3 Å². The number of aryl methyl sites for hydroxylation is 2. The van der Waals surface area contributed by atoms with E-state index in [1.807, 2.05) is 42.8 Å². The average molecular weight is 257 g/mol. The minimum absolute atomic E-state index is 0.265. The number of methoxy groups -OCH3 is 1. The summed E-state index contributed by atoms with van der Waals surface area (Å²) >= 11 is 0. The zero-order valence-electron chi connectivity index (χ0n) is 11.2. The molecule has 0 amide bonds. The van der Waals surface area contributed by atoms with Gasteiger partial charge in [-0.05, 0) is 49.2 Å². The Hall–Kier alpha value is -2.46. The molecule has 0 saturated carbocycles. The van der Waals surface area contributed by atoms with E-state index in [2.05, 4.69) is 15.1 Å². The molecule has 98 valence electrons. The van der Waals surface area contributed by atoms with Crippen LogP contribution in [0.25, 0.3) is 16.1 Å². The van der Waals surface area contributed by atoms with Gasteiger partial charge in [-0.2, -0.15) is 5.10 Å². The van der Waals surface area contributed by atoms with E-state index in [-0.39, 0.29) is 6.54 Å². The molecule has 6 nitrogen and oxygen atoms in total. The monoisotopic (exact) mass is 257 g/mol. The van der Waals surface area contributed by atoms with E-state index in [0.29, 0.717) is 0 Å². The van der Waals surface area contributed by atoms with Crippen molar-refractivity contribution in [1.29, 1.82) is 0 Å². The summed E-state index contributed by atoms with van der Waals surface area (Å²) in [5, 5.41) is 8.07. The lowest BCUT2D eigenvalue weighted by Gasteiger charge is -2.11. The predicted molar refractivity (Wildman–Crippen MR) is 72.4 cm³/mol. The highest BCUT2D eigenvalue weighted by Gasteiger charge is 2.09. The maximum atomic E-state index is 8.48. The summed E-state index contributed by atoms with van der Waals surface area (Å²) in [4.78, 5) is 2.80. The third-order valence-corrected chi connectivity index (χ3v) is 2.83. The average Bonchev–Trinajstić information content (AvgIpc) is 2.74. The van der Waals surface area contributed by atoms with Gasteiger partial charge < -0.3 is 4.74 Å². The number of nitrogens with zero attached hydrogens (tertiary/aromatic N) is 5. The molecule has 0 aliphatic heterocycles. The zero-order chi connectivity index (χ0) is 13.8. The molecule has 0 N–H and O–H groups in total. The highest BCUT2D eigenvalue weighted by molar-refractivity contribution is 5.46. The van der Waals surface area contributed by atoms with Gasteiger partial charge in [-0.15, -0.1) is 0 Å². The maximum Gasteiger partial charge on any atom is 0.119 e. The van der Waals surface area contributed by atoms with Crippen molar-refractivity contribution < 1.29 is 4.74 Å². The van der Waals surface area contributed by atoms with Crippen molar-refractivity contribution in [3.8, 4) is 11.4 Å². The van der Waals surface area contributed by atoms with Crippen molar-refractivity contribution in [2.24, 2.45) is 5.11 Å². The Bertz CT molecular complexity index is 640. The first-order valence-corrected chi connectivity index (χ1v) is 5.87. The van der Waals surface area contributed by atoms with Crippen LogP contribution in [0.5, 0.6) is 5.75 Å². The molecule has 0 fully saturated rings. The summed E-state index contributed by atoms with van der Waals surface area (Å²) in [7, 11) is 1.61. The Balaban J connectivity index is 2.55. The lowest BCUT2D eigenvalue weighted by Crippen LogP contribution is -2.03. The molecule has 2 aromatic rings. The largest absolute Gasteiger partial charge is 0.497 e. The second-order valence-corrected chi connectivity index (χ2v) is 4.22. The van der Waals surface area contributed by atoms with Gasteiger partial charge in [0.15, 0.2) is 0 Å². The smallest absolute Gasteiger partial charge is 0.119 e. The Morgan fingerprint density at radius 3 is 2.74 bits per heavy atom. The van der Waals surface area contributed by atoms with Crippen LogP contribution in [-0.4, -0.2) is 16.9 Å². The lowest BCUT2D eigenvalue weighted by atomic mass is 10.1. The Morgan fingerprint density at radius 2 is 2.16 bits per heavy atom. The number of benzene rings is 1. The van der Waals surface area contributed by atoms with Crippen molar-refractivity contribution in [2.45, 2.75) is 20.4 Å². The summed E-state index contributed by atoms with van der Waals surface area (Å²) in [5.41, 5.74) is 12.2. The molecule has 0 aliphatic rings. The van der Waals surface area contributed by atoms with E-state index >= 15 is 0 Å². The van der Waals surface area contributed by atoms with E-state index in [9.17, 15) is 0 Å². The second-order valence-electron chi connectivity index (χ2n) is 4.22. The highest BCUT2D eigenvalue weighted by atomic mass is 16.5. The molecule has 1 heterocycles. The minimum atomic E-state index is 0.265. The first-order chi connectivity index (χ1) is 9.15. The van der Waals surface area contributed by atoms with Crippen LogP contribution in [0, 0.1) is 13.8 Å². The third kappa shape index (κ3) is 2.69. The van der Waals surface area contributed by atoms with E-state index in [0.717, 1.165) is 28.4 Å². The Kier molecular flexibility index (Phi) is 3.73. The first-order valence-electron chi connectivity index (χ1n) is 5.87. The van der Waals surface area contributed by atoms with Crippen LogP contribution in [0.3, 0.4) is 0 Å². The van der Waals surface area contributed by atoms with Crippen LogP contribution in [0.4, 0.5) is 0 Å². The summed E-state index contributed by atoms with van der Waals surface area (Å²) in [6, 6.07) is 7.65. The van der Waals surface area contributed by atoms with Crippen LogP contribution in [0.2, 0.25) is 0 Å². The highest BCUT2D eigenvalue weighted by Crippen LogP contribution is 2.23. The van der Waals surface area contributed by atoms with Gasteiger partial charge >= 0.3 is 0 Å². The molecular formula is C13H15N5O. The molecular weight excluding hydrogens is 242 g/mol. The molecule has 0 saturated heterocycles. The second kappa shape index (κ2) is 5.46. The molecule has 6 heteroatoms. The van der Waals surface area contributed by atoms with Crippen LogP contribution in [0.15, 0.2) is 29.4 Å². The third-order valence-electron chi connectivity index (χ3n) is 2.83. The number of hydrogen-bond donors (Lipinski definition) is 0. The summed E-state index contributed by atoms with van der Waals surface area (Å²) < 4.78 is 7.04. The van der Waals surface area contributed by atoms with Crippen molar-refractivity contribution in [3.63, 3.8) is 0 Å². The fourth-order valence-corrected chi connectivity index (χ4v) is 2.00. The van der Waals surface area contributed by atoms with Gasteiger partial charge in [-0.3, -0.25) is 0 Å². The van der Waals surface area contributed by atoms with Crippen molar-refractivity contribution in [2.75, 3.05) is 7.11 Å². The Labute approximate surface area is 111 Å². The SMILES string of the molecule is COc1ccc(-n2nc(C)cc2C)c(CN=[N+]=[N-])c1. The number of ether oxygens (including phenoxy) is 1.